The normalized spacial score (nSPS) is 10.8. The monoisotopic (exact) mass is 247 g/mol. The Kier molecular flexibility index (Phi) is 3.94. The van der Waals surface area contributed by atoms with Gasteiger partial charge in [-0.3, -0.25) is 4.79 Å². The fourth-order valence-corrected chi connectivity index (χ4v) is 1.97. The van der Waals surface area contributed by atoms with Crippen molar-refractivity contribution in [2.24, 2.45) is 0 Å². The topological polar surface area (TPSA) is 56.1 Å². The van der Waals surface area contributed by atoms with Crippen molar-refractivity contribution in [3.8, 4) is 0 Å². The third-order valence-electron chi connectivity index (χ3n) is 2.78. The van der Waals surface area contributed by atoms with Crippen molar-refractivity contribution in [2.75, 3.05) is 20.3 Å². The number of aromatic nitrogens is 2. The Morgan fingerprint density at radius 1 is 1.44 bits per heavy atom. The molecule has 0 aliphatic rings. The summed E-state index contributed by atoms with van der Waals surface area (Å²) in [6.07, 6.45) is 0. The van der Waals surface area contributed by atoms with E-state index in [0.717, 1.165) is 16.9 Å². The van der Waals surface area contributed by atoms with Crippen molar-refractivity contribution in [3.05, 3.63) is 30.1 Å². The highest BCUT2D eigenvalue weighted by atomic mass is 16.5. The SMILES string of the molecule is COCC(=O)NCCn1c(C)nc2ccccc21. The summed E-state index contributed by atoms with van der Waals surface area (Å²) in [5.74, 6) is 0.858. The highest BCUT2D eigenvalue weighted by Crippen LogP contribution is 2.14. The lowest BCUT2D eigenvalue weighted by atomic mass is 10.3. The molecule has 2 aromatic rings. The molecule has 1 heterocycles. The van der Waals surface area contributed by atoms with Crippen molar-refractivity contribution in [2.45, 2.75) is 13.5 Å². The lowest BCUT2D eigenvalue weighted by Crippen LogP contribution is -2.30. The number of imidazole rings is 1. The minimum atomic E-state index is -0.0976. The number of nitrogens with zero attached hydrogens (tertiary/aromatic N) is 2. The maximum atomic E-state index is 11.3. The lowest BCUT2D eigenvalue weighted by Gasteiger charge is -2.08. The fourth-order valence-electron chi connectivity index (χ4n) is 1.97. The molecule has 1 aromatic heterocycles. The number of ether oxygens (including phenoxy) is 1. The van der Waals surface area contributed by atoms with Crippen LogP contribution in [-0.2, 0) is 16.1 Å². The first-order valence-electron chi connectivity index (χ1n) is 5.90. The molecule has 0 aliphatic heterocycles. The average molecular weight is 247 g/mol. The molecule has 18 heavy (non-hydrogen) atoms. The molecule has 5 heteroatoms. The number of methoxy groups -OCH3 is 1. The molecule has 0 aliphatic carbocycles. The van der Waals surface area contributed by atoms with Crippen LogP contribution in [0.2, 0.25) is 0 Å². The van der Waals surface area contributed by atoms with E-state index in [9.17, 15) is 4.79 Å². The van der Waals surface area contributed by atoms with Crippen LogP contribution in [0, 0.1) is 6.92 Å². The van der Waals surface area contributed by atoms with Crippen molar-refractivity contribution < 1.29 is 9.53 Å². The number of hydrogen-bond acceptors (Lipinski definition) is 3. The average Bonchev–Trinajstić information content (AvgIpc) is 2.66. The van der Waals surface area contributed by atoms with Crippen LogP contribution >= 0.6 is 0 Å². The molecular weight excluding hydrogens is 230 g/mol. The van der Waals surface area contributed by atoms with Gasteiger partial charge in [0, 0.05) is 20.2 Å². The predicted octanol–water partition coefficient (Wildman–Crippen LogP) is 1.11. The molecule has 1 aromatic carbocycles. The molecule has 0 bridgehead atoms. The Labute approximate surface area is 106 Å². The van der Waals surface area contributed by atoms with Crippen molar-refractivity contribution in [1.29, 1.82) is 0 Å². The molecule has 0 atom stereocenters. The number of rotatable bonds is 5. The molecule has 0 saturated heterocycles. The summed E-state index contributed by atoms with van der Waals surface area (Å²) in [4.78, 5) is 15.7. The van der Waals surface area contributed by atoms with E-state index in [0.29, 0.717) is 13.1 Å². The van der Waals surface area contributed by atoms with E-state index >= 15 is 0 Å². The van der Waals surface area contributed by atoms with Crippen LogP contribution in [0.4, 0.5) is 0 Å². The zero-order chi connectivity index (χ0) is 13.0. The second kappa shape index (κ2) is 5.64. The minimum absolute atomic E-state index is 0.0976. The largest absolute Gasteiger partial charge is 0.375 e. The molecule has 5 nitrogen and oxygen atoms in total. The fraction of sp³-hybridized carbons (Fsp3) is 0.385. The maximum absolute atomic E-state index is 11.3. The van der Waals surface area contributed by atoms with Gasteiger partial charge in [-0.1, -0.05) is 12.1 Å². The number of carbonyl (C=O) groups excluding carboxylic acids is 1. The Bertz CT molecular complexity index is 548. The second-order valence-corrected chi connectivity index (χ2v) is 4.08. The zero-order valence-corrected chi connectivity index (χ0v) is 10.6. The number of aryl methyl sites for hydroxylation is 1. The summed E-state index contributed by atoms with van der Waals surface area (Å²) in [6, 6.07) is 7.98. The predicted molar refractivity (Wildman–Crippen MR) is 69.4 cm³/mol. The van der Waals surface area contributed by atoms with Gasteiger partial charge >= 0.3 is 0 Å². The van der Waals surface area contributed by atoms with Gasteiger partial charge in [0.25, 0.3) is 0 Å². The Morgan fingerprint density at radius 2 is 2.22 bits per heavy atom. The summed E-state index contributed by atoms with van der Waals surface area (Å²) >= 11 is 0. The number of para-hydroxylation sites is 2. The number of carbonyl (C=O) groups is 1. The molecule has 1 amide bonds. The smallest absolute Gasteiger partial charge is 0.246 e. The highest BCUT2D eigenvalue weighted by molar-refractivity contribution is 5.77. The molecule has 0 radical (unpaired) electrons. The lowest BCUT2D eigenvalue weighted by molar-refractivity contribution is -0.124. The number of benzene rings is 1. The van der Waals surface area contributed by atoms with Crippen molar-refractivity contribution in [3.63, 3.8) is 0 Å². The van der Waals surface area contributed by atoms with Crippen molar-refractivity contribution in [1.82, 2.24) is 14.9 Å². The van der Waals surface area contributed by atoms with E-state index in [1.54, 1.807) is 0 Å². The molecule has 96 valence electrons. The van der Waals surface area contributed by atoms with E-state index in [-0.39, 0.29) is 12.5 Å². The highest BCUT2D eigenvalue weighted by Gasteiger charge is 2.06. The third kappa shape index (κ3) is 2.68. The van der Waals surface area contributed by atoms with Gasteiger partial charge in [-0.05, 0) is 19.1 Å². The molecule has 2 rings (SSSR count). The van der Waals surface area contributed by atoms with Crippen LogP contribution in [0.3, 0.4) is 0 Å². The number of amides is 1. The Hall–Kier alpha value is -1.88. The van der Waals surface area contributed by atoms with Crippen LogP contribution in [0.15, 0.2) is 24.3 Å². The van der Waals surface area contributed by atoms with Gasteiger partial charge in [-0.25, -0.2) is 4.98 Å². The summed E-state index contributed by atoms with van der Waals surface area (Å²) in [5, 5.41) is 2.80. The zero-order valence-electron chi connectivity index (χ0n) is 10.6. The van der Waals surface area contributed by atoms with E-state index < -0.39 is 0 Å². The van der Waals surface area contributed by atoms with Crippen LogP contribution in [0.5, 0.6) is 0 Å². The summed E-state index contributed by atoms with van der Waals surface area (Å²) < 4.78 is 6.85. The van der Waals surface area contributed by atoms with Gasteiger partial charge < -0.3 is 14.6 Å². The number of fused-ring (bicyclic) bond motifs is 1. The van der Waals surface area contributed by atoms with Gasteiger partial charge in [0.05, 0.1) is 11.0 Å². The first kappa shape index (κ1) is 12.6. The quantitative estimate of drug-likeness (QED) is 0.861. The third-order valence-corrected chi connectivity index (χ3v) is 2.78. The summed E-state index contributed by atoms with van der Waals surface area (Å²) in [7, 11) is 1.51. The van der Waals surface area contributed by atoms with Gasteiger partial charge in [0.1, 0.15) is 12.4 Å². The maximum Gasteiger partial charge on any atom is 0.246 e. The molecule has 1 N–H and O–H groups in total. The van der Waals surface area contributed by atoms with Gasteiger partial charge in [0.15, 0.2) is 0 Å². The molecule has 0 unspecified atom stereocenters. The molecular formula is C13H17N3O2. The first-order chi connectivity index (χ1) is 8.72. The molecule has 0 fully saturated rings. The summed E-state index contributed by atoms with van der Waals surface area (Å²) in [6.45, 7) is 3.35. The number of nitrogens with one attached hydrogen (secondary N) is 1. The number of hydrogen-bond donors (Lipinski definition) is 1. The van der Waals surface area contributed by atoms with Gasteiger partial charge in [0.2, 0.25) is 5.91 Å². The Balaban J connectivity index is 2.03. The van der Waals surface area contributed by atoms with Crippen LogP contribution in [-0.4, -0.2) is 35.7 Å². The van der Waals surface area contributed by atoms with E-state index in [2.05, 4.69) is 14.9 Å². The van der Waals surface area contributed by atoms with Crippen LogP contribution in [0.25, 0.3) is 11.0 Å². The van der Waals surface area contributed by atoms with Gasteiger partial charge in [-0.15, -0.1) is 0 Å². The van der Waals surface area contributed by atoms with E-state index in [1.165, 1.54) is 7.11 Å². The standard InChI is InChI=1S/C13H17N3O2/c1-10-15-11-5-3-4-6-12(11)16(10)8-7-14-13(17)9-18-2/h3-6H,7-9H2,1-2H3,(H,14,17). The second-order valence-electron chi connectivity index (χ2n) is 4.08. The van der Waals surface area contributed by atoms with Crippen LogP contribution < -0.4 is 5.32 Å². The Morgan fingerprint density at radius 3 is 3.00 bits per heavy atom. The molecule has 0 spiro atoms. The van der Waals surface area contributed by atoms with Crippen molar-refractivity contribution >= 4 is 16.9 Å². The molecule has 0 saturated carbocycles. The van der Waals surface area contributed by atoms with Crippen LogP contribution in [0.1, 0.15) is 5.82 Å². The first-order valence-corrected chi connectivity index (χ1v) is 5.90. The minimum Gasteiger partial charge on any atom is -0.375 e. The summed E-state index contributed by atoms with van der Waals surface area (Å²) in [5.41, 5.74) is 2.08. The van der Waals surface area contributed by atoms with Gasteiger partial charge in [-0.2, -0.15) is 0 Å². The van der Waals surface area contributed by atoms with E-state index in [1.807, 2.05) is 31.2 Å². The van der Waals surface area contributed by atoms with E-state index in [4.69, 9.17) is 4.74 Å².